The predicted molar refractivity (Wildman–Crippen MR) is 346 cm³/mol. The van der Waals surface area contributed by atoms with E-state index in [1.165, 1.54) is 41.7 Å². The number of rotatable bonds is 34. The molecule has 0 aliphatic carbocycles. The largest absolute Gasteiger partial charge is 0.508 e. The fourth-order valence-corrected chi connectivity index (χ4v) is 9.84. The fraction of sp³-hybridized carbons (Fsp3) is 0.508. The van der Waals surface area contributed by atoms with Gasteiger partial charge in [0.05, 0.1) is 31.2 Å². The number of primary amides is 1. The van der Waals surface area contributed by atoms with Crippen molar-refractivity contribution < 1.29 is 82.7 Å². The van der Waals surface area contributed by atoms with Crippen molar-refractivity contribution in [3.8, 4) is 5.75 Å². The number of carboxylic acid groups (broad SMARTS) is 2. The lowest BCUT2D eigenvalue weighted by atomic mass is 10.0. The molecule has 5 rings (SSSR count). The number of aliphatic hydroxyl groups excluding tert-OH is 1. The summed E-state index contributed by atoms with van der Waals surface area (Å²) in [6, 6.07) is -1.53. The maximum atomic E-state index is 14.8. The Balaban J connectivity index is 0.00000476. The number of likely N-dealkylation sites (tertiary alicyclic amines) is 1. The number of aliphatic imine (C=N–C) groups is 1. The Hall–Kier alpha value is -10.4. The van der Waals surface area contributed by atoms with Gasteiger partial charge in [0.2, 0.25) is 47.3 Å². The number of nitrogens with one attached hydrogen (secondary N) is 11. The lowest BCUT2D eigenvalue weighted by Gasteiger charge is -2.31. The topological polar surface area (TPSA) is 567 Å². The van der Waals surface area contributed by atoms with Crippen LogP contribution in [0.4, 0.5) is 4.79 Å². The van der Waals surface area contributed by atoms with Gasteiger partial charge in [0, 0.05) is 74.7 Å². The molecule has 2 aromatic carbocycles. The third kappa shape index (κ3) is 26.9. The molecule has 96 heavy (non-hydrogen) atoms. The summed E-state index contributed by atoms with van der Waals surface area (Å²) in [5.74, 6) is -10.7. The van der Waals surface area contributed by atoms with Crippen LogP contribution in [-0.2, 0) is 76.7 Å². The zero-order chi connectivity index (χ0) is 71.4. The van der Waals surface area contributed by atoms with Crippen LogP contribution in [0.1, 0.15) is 103 Å². The number of hydrogen-bond acceptors (Lipinski definition) is 18. The molecule has 1 aliphatic rings. The van der Waals surface area contributed by atoms with E-state index in [0.717, 1.165) is 6.92 Å². The summed E-state index contributed by atoms with van der Waals surface area (Å²) in [4.78, 5) is 175. The van der Waals surface area contributed by atoms with Gasteiger partial charge in [-0.15, -0.1) is 0 Å². The summed E-state index contributed by atoms with van der Waals surface area (Å²) in [5, 5.41) is 56.5. The molecule has 4 aromatic rings. The molecule has 526 valence electrons. The molecule has 0 spiro atoms. The molecule has 3 heterocycles. The predicted octanol–water partition coefficient (Wildman–Crippen LogP) is -3.10. The molecular formula is C61H90N18O17. The van der Waals surface area contributed by atoms with Crippen LogP contribution in [0.25, 0.3) is 10.9 Å². The number of benzene rings is 2. The smallest absolute Gasteiger partial charge is 0.330 e. The van der Waals surface area contributed by atoms with Crippen LogP contribution in [-0.4, -0.2) is 204 Å². The maximum Gasteiger partial charge on any atom is 0.330 e. The molecule has 0 radical (unpaired) electrons. The van der Waals surface area contributed by atoms with Gasteiger partial charge in [-0.25, -0.2) is 15.2 Å². The highest BCUT2D eigenvalue weighted by Crippen LogP contribution is 2.22. The zero-order valence-corrected chi connectivity index (χ0v) is 54.3. The fourth-order valence-electron chi connectivity index (χ4n) is 9.84. The van der Waals surface area contributed by atoms with Crippen LogP contribution in [0.15, 0.2) is 72.2 Å². The number of phenolic OH excluding ortho intramolecular Hbond substituents is 1. The number of aliphatic hydroxyl groups is 1. The summed E-state index contributed by atoms with van der Waals surface area (Å²) >= 11 is 0. The number of imidazole rings is 1. The van der Waals surface area contributed by atoms with E-state index >= 15 is 0 Å². The second-order valence-electron chi connectivity index (χ2n) is 24.1. The first-order chi connectivity index (χ1) is 45.2. The number of amides is 11. The van der Waals surface area contributed by atoms with Gasteiger partial charge in [-0.3, -0.25) is 63.2 Å². The van der Waals surface area contributed by atoms with Gasteiger partial charge in [-0.05, 0) is 94.5 Å². The summed E-state index contributed by atoms with van der Waals surface area (Å²) in [6.07, 6.45) is 3.62. The van der Waals surface area contributed by atoms with Crippen LogP contribution < -0.4 is 71.0 Å². The molecule has 9 unspecified atom stereocenters. The van der Waals surface area contributed by atoms with E-state index in [1.807, 2.05) is 5.43 Å². The number of fused-ring (bicyclic) bond motifs is 1. The minimum atomic E-state index is -1.83. The van der Waals surface area contributed by atoms with E-state index in [-0.39, 0.29) is 82.1 Å². The molecule has 0 saturated carbocycles. The molecule has 1 fully saturated rings. The van der Waals surface area contributed by atoms with E-state index in [2.05, 4.69) is 62.6 Å². The van der Waals surface area contributed by atoms with E-state index in [9.17, 15) is 68.1 Å². The molecule has 35 heteroatoms. The number of carbonyl (C=O) groups is 12. The van der Waals surface area contributed by atoms with Crippen molar-refractivity contribution in [2.75, 3.05) is 26.3 Å². The van der Waals surface area contributed by atoms with Crippen molar-refractivity contribution >= 4 is 88.0 Å². The summed E-state index contributed by atoms with van der Waals surface area (Å²) in [5.41, 5.74) is 27.4. The first-order valence-corrected chi connectivity index (χ1v) is 30.8. The number of nitrogens with zero attached hydrogens (tertiary/aromatic N) is 3. The second kappa shape index (κ2) is 38.1. The second-order valence-corrected chi connectivity index (χ2v) is 24.1. The number of ether oxygens (including phenoxy) is 1. The Morgan fingerprint density at radius 3 is 1.84 bits per heavy atom. The lowest BCUT2D eigenvalue weighted by molar-refractivity contribution is -0.142. The molecule has 9 atom stereocenters. The summed E-state index contributed by atoms with van der Waals surface area (Å²) < 4.78 is 6.02. The molecule has 2 aromatic heterocycles. The van der Waals surface area contributed by atoms with E-state index < -0.39 is 151 Å². The number of H-pyrrole nitrogens is 2. The minimum absolute atomic E-state index is 0.00580. The number of aliphatic carboxylic acids is 2. The average Bonchev–Trinajstić information content (AvgIpc) is 1.58. The lowest BCUT2D eigenvalue weighted by Crippen LogP contribution is -2.62. The number of carbonyl (C=O) groups excluding carboxylic acids is 10. The third-order valence-electron chi connectivity index (χ3n) is 14.5. The van der Waals surface area contributed by atoms with Gasteiger partial charge in [0.1, 0.15) is 54.1 Å². The number of urea groups is 1. The van der Waals surface area contributed by atoms with Crippen LogP contribution in [0.2, 0.25) is 0 Å². The van der Waals surface area contributed by atoms with Crippen LogP contribution in [0, 0.1) is 5.92 Å². The van der Waals surface area contributed by atoms with Crippen molar-refractivity contribution in [2.24, 2.45) is 33.8 Å². The van der Waals surface area contributed by atoms with Crippen LogP contribution >= 0.6 is 0 Å². The standard InChI is InChI=1S/C59H86N18O15.C2H4O2/c1-31(2)22-40(49(83)68-39(12-8-20-65-57(61)62)56(90)77-21-9-13-46(77)55(89)75-76-58(63)91)70-54(88)45(29-92-59(3,4)5)74-50(84)41(23-32-14-16-35(79)17-15-32)71-53(87)44(28-78)73-51(85)42(24-33-26-66-38-11-7-6-10-36(33)38)72-52(86)43(25-34-27-64-30-67-34)69-48(82)37(60)18-19-47(80)81;1-2(3)4/h6-7,10-11,14-17,26-27,30-31,37,39-46,66,78-79H,8-9,12-13,18-25,28-29,60H2,1-5H3,(H,64,67)(H,68,83)(H,69,82)(H,70,88)(H,71,87)(H,72,86)(H,73,85)(H,74,84)(H,75,89)(H,80,81)(H4,61,62,65)(H3,63,76,91);1H3,(H,3,4). The van der Waals surface area contributed by atoms with Crippen LogP contribution in [0.5, 0.6) is 5.75 Å². The molecule has 11 amide bonds. The highest BCUT2D eigenvalue weighted by Gasteiger charge is 2.40. The zero-order valence-electron chi connectivity index (χ0n) is 54.3. The normalized spacial score (nSPS) is 15.2. The molecule has 0 bridgehead atoms. The molecule has 1 saturated heterocycles. The number of guanidine groups is 1. The van der Waals surface area contributed by atoms with Crippen molar-refractivity contribution in [3.05, 3.63) is 84.1 Å². The Bertz CT molecular complexity index is 3330. The first kappa shape index (κ1) is 78.0. The van der Waals surface area contributed by atoms with Crippen molar-refractivity contribution in [1.29, 1.82) is 0 Å². The summed E-state index contributed by atoms with van der Waals surface area (Å²) in [6.45, 7) is 8.26. The number of para-hydroxylation sites is 1. The number of nitrogens with two attached hydrogens (primary N) is 4. The van der Waals surface area contributed by atoms with E-state index in [0.29, 0.717) is 34.1 Å². The number of hydrogen-bond donors (Lipinski definition) is 19. The highest BCUT2D eigenvalue weighted by molar-refractivity contribution is 5.99. The maximum absolute atomic E-state index is 14.8. The van der Waals surface area contributed by atoms with Gasteiger partial charge >= 0.3 is 12.0 Å². The van der Waals surface area contributed by atoms with Crippen molar-refractivity contribution in [3.63, 3.8) is 0 Å². The number of carboxylic acids is 2. The third-order valence-corrected chi connectivity index (χ3v) is 14.5. The first-order valence-electron chi connectivity index (χ1n) is 30.8. The number of phenols is 1. The molecule has 35 nitrogen and oxygen atoms in total. The van der Waals surface area contributed by atoms with Gasteiger partial charge < -0.3 is 100 Å². The molecular weight excluding hydrogens is 1260 g/mol. The SMILES string of the molecule is CC(=O)O.CC(C)CC(NC(=O)C(COC(C)(C)C)NC(=O)C(Cc1ccc(O)cc1)NC(=O)C(CO)NC(=O)C(Cc1c[nH]c2ccccc12)NC(=O)C(Cc1cnc[nH]1)NC(=O)C(N)CCC(=O)O)C(=O)NC(CCCN=C(N)N)C(=O)N1CCCC1C(=O)NNC(N)=O. The number of hydrazine groups is 1. The van der Waals surface area contributed by atoms with E-state index in [4.69, 9.17) is 37.6 Å². The van der Waals surface area contributed by atoms with Gasteiger partial charge in [-0.2, -0.15) is 0 Å². The quantitative estimate of drug-likeness (QED) is 0.00953. The number of aromatic hydroxyl groups is 1. The Labute approximate surface area is 552 Å². The summed E-state index contributed by atoms with van der Waals surface area (Å²) in [7, 11) is 0. The average molecular weight is 1350 g/mol. The van der Waals surface area contributed by atoms with Gasteiger partial charge in [0.15, 0.2) is 5.96 Å². The molecule has 1 aliphatic heterocycles. The minimum Gasteiger partial charge on any atom is -0.508 e. The van der Waals surface area contributed by atoms with Crippen LogP contribution in [0.3, 0.4) is 0 Å². The van der Waals surface area contributed by atoms with Crippen molar-refractivity contribution in [2.45, 2.75) is 166 Å². The Morgan fingerprint density at radius 1 is 0.708 bits per heavy atom. The number of aromatic amines is 2. The van der Waals surface area contributed by atoms with Gasteiger partial charge in [0.25, 0.3) is 11.9 Å². The number of aromatic nitrogens is 3. The monoisotopic (exact) mass is 1350 g/mol. The van der Waals surface area contributed by atoms with Gasteiger partial charge in [-0.1, -0.05) is 44.2 Å². The van der Waals surface area contributed by atoms with Crippen molar-refractivity contribution in [1.82, 2.24) is 67.9 Å². The molecule has 23 N–H and O–H groups in total. The Kier molecular flexibility index (Phi) is 30.9. The Morgan fingerprint density at radius 2 is 1.26 bits per heavy atom. The van der Waals surface area contributed by atoms with E-state index in [1.54, 1.807) is 65.1 Å². The highest BCUT2D eigenvalue weighted by atomic mass is 16.5.